The summed E-state index contributed by atoms with van der Waals surface area (Å²) < 4.78 is 31.3. The maximum absolute atomic E-state index is 13.0. The number of aliphatic hydroxyl groups is 2. The number of likely N-dealkylation sites (tertiary alicyclic amines) is 9. The van der Waals surface area contributed by atoms with E-state index in [0.717, 1.165) is 113 Å². The Morgan fingerprint density at radius 3 is 1.06 bits per heavy atom. The number of nitrogens with zero attached hydrogens (tertiary/aromatic N) is 11. The Kier molecular flexibility index (Phi) is 51.8. The minimum absolute atomic E-state index is 0.227. The Bertz CT molecular complexity index is 1940. The number of alkyl halides is 2. The van der Waals surface area contributed by atoms with Crippen molar-refractivity contribution in [2.45, 2.75) is 322 Å². The SMILES string of the molecule is CC1CCCN1C.CC1CCN(C)C1.CCCC1(O)CCC1.CCCC1CC1.CCCC1CCC1.CN(C)CC1CC1.CN(C)CC1CCCO1.CN1CCC(C)(C)C1.CN1CCC(C)(F)C1.CN1CCC(C)(F)CC1.CN1CCC(C)(O)C1.CN1CCC2(CC2)C1.CN1CCCC1.CN1CCCCC1. The second kappa shape index (κ2) is 54.1. The zero-order valence-corrected chi connectivity index (χ0v) is 74.6. The third kappa shape index (κ3) is 54.6. The van der Waals surface area contributed by atoms with Gasteiger partial charge < -0.3 is 68.8 Å². The van der Waals surface area contributed by atoms with Gasteiger partial charge in [0.1, 0.15) is 11.3 Å². The third-order valence-corrected chi connectivity index (χ3v) is 24.4. The summed E-state index contributed by atoms with van der Waals surface area (Å²) in [4.78, 5) is 25.1. The average Bonchev–Trinajstić information content (AvgIpc) is 1.63. The molecule has 10 saturated heterocycles. The van der Waals surface area contributed by atoms with Crippen molar-refractivity contribution in [3.63, 3.8) is 0 Å². The maximum atomic E-state index is 13.0. The van der Waals surface area contributed by atoms with Crippen molar-refractivity contribution in [2.24, 2.45) is 34.5 Å². The number of ether oxygens (including phenoxy) is 1. The molecule has 14 nitrogen and oxygen atoms in total. The summed E-state index contributed by atoms with van der Waals surface area (Å²) in [5, 5.41) is 18.7. The lowest BCUT2D eigenvalue weighted by Gasteiger charge is -2.36. The van der Waals surface area contributed by atoms with E-state index in [2.05, 4.69) is 168 Å². The highest BCUT2D eigenvalue weighted by Gasteiger charge is 2.46. The first-order chi connectivity index (χ1) is 49.3. The molecule has 5 atom stereocenters. The molecule has 0 radical (unpaired) electrons. The van der Waals surface area contributed by atoms with Gasteiger partial charge in [-0.3, -0.25) is 0 Å². The minimum atomic E-state index is -0.908. The van der Waals surface area contributed by atoms with Gasteiger partial charge in [-0.05, 0) is 354 Å². The maximum Gasteiger partial charge on any atom is 0.122 e. The molecule has 628 valence electrons. The first-order valence-corrected chi connectivity index (χ1v) is 44.2. The van der Waals surface area contributed by atoms with Crippen LogP contribution in [0.15, 0.2) is 0 Å². The fraction of sp³-hybridized carbons (Fsp3) is 1.00. The lowest BCUT2D eigenvalue weighted by atomic mass is 9.77. The number of rotatable bonds is 10. The molecule has 1 spiro atoms. The lowest BCUT2D eigenvalue weighted by Crippen LogP contribution is -2.37. The van der Waals surface area contributed by atoms with Crippen LogP contribution in [0.2, 0.25) is 0 Å². The van der Waals surface area contributed by atoms with Crippen LogP contribution < -0.4 is 0 Å². The molecular formula is C89H185F2N11O3. The fourth-order valence-corrected chi connectivity index (χ4v) is 16.0. The summed E-state index contributed by atoms with van der Waals surface area (Å²) in [7, 11) is 27.6. The zero-order chi connectivity index (χ0) is 78.7. The summed E-state index contributed by atoms with van der Waals surface area (Å²) in [6.07, 6.45) is 44.9. The Balaban J connectivity index is 0.000000385. The third-order valence-electron chi connectivity index (χ3n) is 24.4. The number of halogens is 2. The molecule has 0 amide bonds. The highest BCUT2D eigenvalue weighted by molar-refractivity contribution is 4.99. The highest BCUT2D eigenvalue weighted by atomic mass is 19.1. The van der Waals surface area contributed by atoms with Crippen molar-refractivity contribution in [3.8, 4) is 0 Å². The van der Waals surface area contributed by atoms with E-state index >= 15 is 0 Å². The topological polar surface area (TPSA) is 85.3 Å². The molecule has 2 N–H and O–H groups in total. The van der Waals surface area contributed by atoms with E-state index in [9.17, 15) is 19.0 Å². The molecule has 5 saturated carbocycles. The summed E-state index contributed by atoms with van der Waals surface area (Å²) in [5.74, 6) is 4.28. The van der Waals surface area contributed by atoms with E-state index in [-0.39, 0.29) is 5.60 Å². The number of β-amino-alcohol motifs (C(OH)–C–C–N with tert-alkyl or cyclic N) is 1. The first kappa shape index (κ1) is 100. The molecule has 5 unspecified atom stereocenters. The number of piperidine rings is 2. The van der Waals surface area contributed by atoms with Crippen LogP contribution in [-0.2, 0) is 4.74 Å². The van der Waals surface area contributed by atoms with Gasteiger partial charge in [-0.2, -0.15) is 0 Å². The summed E-state index contributed by atoms with van der Waals surface area (Å²) >= 11 is 0. The van der Waals surface area contributed by atoms with E-state index in [1.54, 1.807) is 13.8 Å². The molecule has 0 aromatic carbocycles. The second-order valence-electron chi connectivity index (χ2n) is 39.0. The second-order valence-corrected chi connectivity index (χ2v) is 39.0. The smallest absolute Gasteiger partial charge is 0.122 e. The van der Waals surface area contributed by atoms with Crippen molar-refractivity contribution in [1.29, 1.82) is 0 Å². The number of hydrogen-bond acceptors (Lipinski definition) is 14. The van der Waals surface area contributed by atoms with Crippen molar-refractivity contribution >= 4 is 0 Å². The van der Waals surface area contributed by atoms with Crippen molar-refractivity contribution in [3.05, 3.63) is 0 Å². The van der Waals surface area contributed by atoms with Crippen LogP contribution in [0.4, 0.5) is 8.78 Å². The predicted molar refractivity (Wildman–Crippen MR) is 453 cm³/mol. The Morgan fingerprint density at radius 2 is 0.867 bits per heavy atom. The monoisotopic (exact) mass is 1490 g/mol. The summed E-state index contributed by atoms with van der Waals surface area (Å²) in [5.41, 5.74) is -0.992. The van der Waals surface area contributed by atoms with Crippen molar-refractivity contribution in [1.82, 2.24) is 53.9 Å². The lowest BCUT2D eigenvalue weighted by molar-refractivity contribution is -0.0405. The van der Waals surface area contributed by atoms with E-state index in [4.69, 9.17) is 4.74 Å². The van der Waals surface area contributed by atoms with Gasteiger partial charge in [-0.1, -0.05) is 112 Å². The molecule has 15 rings (SSSR count). The number of hydrogen-bond donors (Lipinski definition) is 2. The van der Waals surface area contributed by atoms with E-state index < -0.39 is 16.9 Å². The zero-order valence-electron chi connectivity index (χ0n) is 74.6. The standard InChI is InChI=1S/C7H14FN.C7H15NO.C7H13N.C7H15N.C7H14O.C7H14.C6H12FN.C6H13NO.4C6H13N.C6H12.C5H11N/c1-7(8)3-5-9(2)6-4-7;1-8(2)6-7-4-3-5-9-7;1-8-5-4-7(6-8)2-3-7;1-7(2)4-5-8(3)6-7;1-2-4-7(8)5-3-6-7;1-2-4-7-5-3-6-7;1-6(7)3-4-8(2)5-6;1-6(8)3-4-7(2)5-6;1-7(2)5-6-3-4-6;1-6-3-4-7(2)5-6;1-6-4-3-5-7(6)2;1-7-5-3-2-4-6-7;1-2-3-6-4-5-6;1-6-4-2-3-5-6/h3-6H2,1-2H3;7H,3-6H2,1-2H3;2-6H2,1H3;4-6H2,1-3H3;8H,2-6H2,1H3;7H,2-6H2,1H3;3-5H2,1-2H3;8H,3-5H2,1-2H3;3*6H,3-5H2,1-2H3;2-6H2,1H3;6H,2-5H2,1H3;2-5H2,1H3. The van der Waals surface area contributed by atoms with Gasteiger partial charge in [0.25, 0.3) is 0 Å². The van der Waals surface area contributed by atoms with E-state index in [0.29, 0.717) is 37.3 Å². The van der Waals surface area contributed by atoms with Crippen molar-refractivity contribution < 1.29 is 23.7 Å². The van der Waals surface area contributed by atoms with Gasteiger partial charge in [0.15, 0.2) is 0 Å². The van der Waals surface area contributed by atoms with Gasteiger partial charge in [0.2, 0.25) is 0 Å². The molecule has 105 heavy (non-hydrogen) atoms. The van der Waals surface area contributed by atoms with Crippen LogP contribution in [0.1, 0.15) is 288 Å². The Labute approximate surface area is 653 Å². The molecular weight excluding hydrogens is 1310 g/mol. The van der Waals surface area contributed by atoms with Crippen LogP contribution in [0.3, 0.4) is 0 Å². The molecule has 15 fully saturated rings. The normalized spacial score (nSPS) is 29.5. The molecule has 5 aliphatic carbocycles. The van der Waals surface area contributed by atoms with Crippen LogP contribution in [-0.4, -0.2) is 321 Å². The van der Waals surface area contributed by atoms with Gasteiger partial charge in [0, 0.05) is 84.6 Å². The Morgan fingerprint density at radius 1 is 0.390 bits per heavy atom. The fourth-order valence-electron chi connectivity index (χ4n) is 16.0. The van der Waals surface area contributed by atoms with Gasteiger partial charge >= 0.3 is 0 Å². The predicted octanol–water partition coefficient (Wildman–Crippen LogP) is 17.1. The van der Waals surface area contributed by atoms with E-state index in [1.165, 1.54) is 245 Å². The van der Waals surface area contributed by atoms with Crippen LogP contribution in [0.5, 0.6) is 0 Å². The van der Waals surface area contributed by atoms with Gasteiger partial charge in [-0.25, -0.2) is 8.78 Å². The molecule has 10 heterocycles. The van der Waals surface area contributed by atoms with Gasteiger partial charge in [0.05, 0.1) is 17.3 Å². The minimum Gasteiger partial charge on any atom is -0.390 e. The molecule has 0 aromatic heterocycles. The van der Waals surface area contributed by atoms with Gasteiger partial charge in [-0.15, -0.1) is 0 Å². The molecule has 10 aliphatic heterocycles. The van der Waals surface area contributed by atoms with Crippen LogP contribution in [0, 0.1) is 34.5 Å². The Hall–Kier alpha value is -0.700. The first-order valence-electron chi connectivity index (χ1n) is 44.2. The summed E-state index contributed by atoms with van der Waals surface area (Å²) in [6.45, 7) is 44.2. The highest BCUT2D eigenvalue weighted by Crippen LogP contribution is 2.52. The summed E-state index contributed by atoms with van der Waals surface area (Å²) in [6, 6.07) is 0.847. The largest absolute Gasteiger partial charge is 0.390 e. The quantitative estimate of drug-likeness (QED) is 0.218. The number of likely N-dealkylation sites (N-methyl/N-ethyl adjacent to an activating group) is 2. The molecule has 15 aliphatic rings. The van der Waals surface area contributed by atoms with Crippen molar-refractivity contribution in [2.75, 3.05) is 223 Å². The average molecular weight is 1500 g/mol. The molecule has 0 bridgehead atoms. The van der Waals surface area contributed by atoms with Crippen LogP contribution >= 0.6 is 0 Å². The van der Waals surface area contributed by atoms with E-state index in [1.807, 2.05) is 33.0 Å². The molecule has 16 heteroatoms. The molecule has 0 aromatic rings. The van der Waals surface area contributed by atoms with Crippen LogP contribution in [0.25, 0.3) is 0 Å².